The molecule has 0 aromatic carbocycles. The van der Waals surface area contributed by atoms with Crippen molar-refractivity contribution in [2.75, 3.05) is 20.2 Å². The highest BCUT2D eigenvalue weighted by molar-refractivity contribution is 5.86. The molecule has 0 aliphatic carbocycles. The number of esters is 1. The lowest BCUT2D eigenvalue weighted by Gasteiger charge is -2.40. The van der Waals surface area contributed by atoms with Crippen LogP contribution >= 0.6 is 0 Å². The summed E-state index contributed by atoms with van der Waals surface area (Å²) < 4.78 is 11.7. The van der Waals surface area contributed by atoms with E-state index in [4.69, 9.17) is 4.74 Å². The Morgan fingerprint density at radius 1 is 1.35 bits per heavy atom. The molecule has 0 radical (unpaired) electrons. The van der Waals surface area contributed by atoms with E-state index in [-0.39, 0.29) is 17.8 Å². The van der Waals surface area contributed by atoms with Crippen molar-refractivity contribution >= 4 is 12.1 Å². The number of hydrogen-bond acceptors (Lipinski definition) is 5. The molecule has 7 heteroatoms. The summed E-state index contributed by atoms with van der Waals surface area (Å²) in [6.45, 7) is 6.60. The fourth-order valence-electron chi connectivity index (χ4n) is 1.87. The monoisotopic (exact) mass is 281 g/mol. The van der Waals surface area contributed by atoms with Crippen LogP contribution in [0.2, 0.25) is 0 Å². The Morgan fingerprint density at radius 3 is 2.55 bits per heavy atom. The molecule has 1 aromatic rings. The van der Waals surface area contributed by atoms with E-state index in [1.54, 1.807) is 17.4 Å². The molecule has 0 saturated carbocycles. The molecule has 1 amide bonds. The number of ether oxygens (including phenoxy) is 2. The Kier molecular flexibility index (Phi) is 3.69. The zero-order valence-corrected chi connectivity index (χ0v) is 12.1. The van der Waals surface area contributed by atoms with E-state index in [1.165, 1.54) is 7.11 Å². The highest BCUT2D eigenvalue weighted by Crippen LogP contribution is 2.23. The van der Waals surface area contributed by atoms with Gasteiger partial charge >= 0.3 is 12.1 Å². The van der Waals surface area contributed by atoms with Crippen molar-refractivity contribution in [3.63, 3.8) is 0 Å². The second kappa shape index (κ2) is 5.15. The van der Waals surface area contributed by atoms with Crippen molar-refractivity contribution in [1.29, 1.82) is 0 Å². The molecule has 2 heterocycles. The van der Waals surface area contributed by atoms with Crippen LogP contribution in [0.15, 0.2) is 12.5 Å². The van der Waals surface area contributed by atoms with Crippen LogP contribution in [0.3, 0.4) is 0 Å². The number of aromatic nitrogens is 2. The highest BCUT2D eigenvalue weighted by atomic mass is 16.6. The van der Waals surface area contributed by atoms with Crippen LogP contribution in [0.4, 0.5) is 4.79 Å². The minimum atomic E-state index is -0.491. The van der Waals surface area contributed by atoms with Gasteiger partial charge in [-0.25, -0.2) is 14.6 Å². The molecule has 20 heavy (non-hydrogen) atoms. The average Bonchev–Trinajstić information content (AvgIpc) is 2.72. The van der Waals surface area contributed by atoms with Crippen molar-refractivity contribution in [2.45, 2.75) is 32.4 Å². The van der Waals surface area contributed by atoms with Crippen LogP contribution in [-0.2, 0) is 9.47 Å². The molecule has 0 atom stereocenters. The highest BCUT2D eigenvalue weighted by Gasteiger charge is 2.34. The van der Waals surface area contributed by atoms with Crippen LogP contribution < -0.4 is 0 Å². The molecule has 1 fully saturated rings. The van der Waals surface area contributed by atoms with Gasteiger partial charge in [0.25, 0.3) is 0 Å². The number of amides is 1. The lowest BCUT2D eigenvalue weighted by molar-refractivity contribution is 0.00101. The Labute approximate surface area is 117 Å². The third kappa shape index (κ3) is 3.09. The van der Waals surface area contributed by atoms with Crippen LogP contribution in [0.25, 0.3) is 0 Å². The lowest BCUT2D eigenvalue weighted by atomic mass is 10.1. The summed E-state index contributed by atoms with van der Waals surface area (Å²) in [5.74, 6) is -0.466. The lowest BCUT2D eigenvalue weighted by Crippen LogP contribution is -2.52. The van der Waals surface area contributed by atoms with Gasteiger partial charge in [0.2, 0.25) is 0 Å². The largest absolute Gasteiger partial charge is 0.464 e. The maximum Gasteiger partial charge on any atom is 0.410 e. The molecule has 110 valence electrons. The Balaban J connectivity index is 1.89. The first-order valence-corrected chi connectivity index (χ1v) is 6.40. The topological polar surface area (TPSA) is 73.7 Å². The summed E-state index contributed by atoms with van der Waals surface area (Å²) in [5.41, 5.74) is -0.224. The summed E-state index contributed by atoms with van der Waals surface area (Å²) in [7, 11) is 1.31. The molecule has 1 aromatic heterocycles. The van der Waals surface area contributed by atoms with Crippen molar-refractivity contribution in [1.82, 2.24) is 14.5 Å². The van der Waals surface area contributed by atoms with Gasteiger partial charge in [0.15, 0.2) is 5.69 Å². The first kappa shape index (κ1) is 14.4. The van der Waals surface area contributed by atoms with E-state index in [1.807, 2.05) is 25.3 Å². The predicted molar refractivity (Wildman–Crippen MR) is 70.4 cm³/mol. The van der Waals surface area contributed by atoms with Gasteiger partial charge in [-0.15, -0.1) is 0 Å². The quantitative estimate of drug-likeness (QED) is 0.767. The van der Waals surface area contributed by atoms with Gasteiger partial charge in [-0.3, -0.25) is 0 Å². The maximum absolute atomic E-state index is 11.8. The van der Waals surface area contributed by atoms with E-state index >= 15 is 0 Å². The predicted octanol–water partition coefficient (Wildman–Crippen LogP) is 1.46. The zero-order chi connectivity index (χ0) is 14.9. The first-order chi connectivity index (χ1) is 9.30. The molecule has 7 nitrogen and oxygen atoms in total. The van der Waals surface area contributed by atoms with E-state index in [2.05, 4.69) is 9.72 Å². The van der Waals surface area contributed by atoms with Gasteiger partial charge in [0.05, 0.1) is 19.5 Å². The van der Waals surface area contributed by atoms with Crippen LogP contribution in [-0.4, -0.2) is 52.3 Å². The Morgan fingerprint density at radius 2 is 2.00 bits per heavy atom. The van der Waals surface area contributed by atoms with Crippen LogP contribution in [0.5, 0.6) is 0 Å². The second-order valence-corrected chi connectivity index (χ2v) is 5.74. The summed E-state index contributed by atoms with van der Waals surface area (Å²) >= 11 is 0. The molecule has 0 spiro atoms. The van der Waals surface area contributed by atoms with Crippen molar-refractivity contribution in [3.8, 4) is 0 Å². The van der Waals surface area contributed by atoms with Crippen molar-refractivity contribution in [3.05, 3.63) is 18.2 Å². The summed E-state index contributed by atoms with van der Waals surface area (Å²) in [6.07, 6.45) is 2.88. The third-order valence-corrected chi connectivity index (χ3v) is 2.93. The minimum Gasteiger partial charge on any atom is -0.464 e. The second-order valence-electron chi connectivity index (χ2n) is 5.74. The fraction of sp³-hybridized carbons (Fsp3) is 0.615. The fourth-order valence-corrected chi connectivity index (χ4v) is 1.87. The van der Waals surface area contributed by atoms with Gasteiger partial charge in [0.1, 0.15) is 5.60 Å². The molecule has 1 aliphatic heterocycles. The molecule has 2 rings (SSSR count). The van der Waals surface area contributed by atoms with Gasteiger partial charge in [-0.2, -0.15) is 0 Å². The molecule has 0 N–H and O–H groups in total. The summed E-state index contributed by atoms with van der Waals surface area (Å²) in [4.78, 5) is 28.7. The smallest absolute Gasteiger partial charge is 0.410 e. The number of likely N-dealkylation sites (tertiary alicyclic amines) is 1. The number of carbonyl (C=O) groups excluding carboxylic acids is 2. The molecule has 1 aliphatic rings. The van der Waals surface area contributed by atoms with Crippen LogP contribution in [0, 0.1) is 0 Å². The van der Waals surface area contributed by atoms with Gasteiger partial charge in [0, 0.05) is 19.3 Å². The molecule has 1 saturated heterocycles. The van der Waals surface area contributed by atoms with Crippen LogP contribution in [0.1, 0.15) is 37.3 Å². The molecular weight excluding hydrogens is 262 g/mol. The number of rotatable bonds is 2. The van der Waals surface area contributed by atoms with E-state index < -0.39 is 11.6 Å². The average molecular weight is 281 g/mol. The number of carbonyl (C=O) groups is 2. The van der Waals surface area contributed by atoms with Crippen molar-refractivity contribution < 1.29 is 19.1 Å². The third-order valence-electron chi connectivity index (χ3n) is 2.93. The Hall–Kier alpha value is -2.05. The van der Waals surface area contributed by atoms with E-state index in [9.17, 15) is 9.59 Å². The van der Waals surface area contributed by atoms with Gasteiger partial charge < -0.3 is 18.9 Å². The molecule has 0 unspecified atom stereocenters. The SMILES string of the molecule is COC(=O)c1cn(C2CN(C(=O)OC(C)(C)C)C2)cn1. The van der Waals surface area contributed by atoms with Gasteiger partial charge in [-0.1, -0.05) is 0 Å². The standard InChI is InChI=1S/C13H19N3O4/c1-13(2,3)20-12(18)15-5-9(6-15)16-7-10(14-8-16)11(17)19-4/h7-9H,5-6H2,1-4H3. The number of imidazole rings is 1. The normalized spacial score (nSPS) is 15.7. The summed E-state index contributed by atoms with van der Waals surface area (Å²) in [5, 5.41) is 0. The summed E-state index contributed by atoms with van der Waals surface area (Å²) in [6, 6.07) is 0.119. The van der Waals surface area contributed by atoms with E-state index in [0.717, 1.165) is 0 Å². The zero-order valence-electron chi connectivity index (χ0n) is 12.1. The Bertz CT molecular complexity index is 512. The number of methoxy groups -OCH3 is 1. The van der Waals surface area contributed by atoms with E-state index in [0.29, 0.717) is 13.1 Å². The van der Waals surface area contributed by atoms with Crippen molar-refractivity contribution in [2.24, 2.45) is 0 Å². The maximum atomic E-state index is 11.8. The number of hydrogen-bond donors (Lipinski definition) is 0. The minimum absolute atomic E-state index is 0.119. The first-order valence-electron chi connectivity index (χ1n) is 6.40. The number of nitrogens with zero attached hydrogens (tertiary/aromatic N) is 3. The molecule has 0 bridgehead atoms. The molecular formula is C13H19N3O4. The van der Waals surface area contributed by atoms with Gasteiger partial charge in [-0.05, 0) is 20.8 Å².